The number of carboxylic acids is 2. The van der Waals surface area contributed by atoms with Crippen molar-refractivity contribution in [3.05, 3.63) is 146 Å². The van der Waals surface area contributed by atoms with Crippen molar-refractivity contribution in [3.8, 4) is 0 Å². The molecule has 3 N–H and O–H groups in total. The molecule has 8 heteroatoms. The maximum atomic E-state index is 12.3. The van der Waals surface area contributed by atoms with Crippen molar-refractivity contribution in [1.82, 2.24) is 14.9 Å². The van der Waals surface area contributed by atoms with Crippen LogP contribution in [-0.4, -0.2) is 38.2 Å². The Hall–Kier alpha value is -5.08. The van der Waals surface area contributed by atoms with Gasteiger partial charge in [-0.1, -0.05) is 91.7 Å². The number of hydrogen-bond donors (Lipinski definition) is 3. The average molecular weight is 646 g/mol. The van der Waals surface area contributed by atoms with Gasteiger partial charge in [-0.2, -0.15) is 0 Å². The number of nitrogens with zero attached hydrogens (tertiary/aromatic N) is 2. The van der Waals surface area contributed by atoms with Gasteiger partial charge in [0.15, 0.2) is 0 Å². The van der Waals surface area contributed by atoms with E-state index < -0.39 is 17.4 Å². The Labute approximate surface area is 281 Å². The van der Waals surface area contributed by atoms with Crippen LogP contribution >= 0.6 is 0 Å². The summed E-state index contributed by atoms with van der Waals surface area (Å²) in [4.78, 5) is 38.6. The zero-order valence-corrected chi connectivity index (χ0v) is 27.4. The van der Waals surface area contributed by atoms with Crippen LogP contribution in [0.25, 0.3) is 11.0 Å². The molecule has 0 saturated heterocycles. The molecule has 0 bridgehead atoms. The zero-order valence-electron chi connectivity index (χ0n) is 27.4. The number of unbranched alkanes of at least 4 members (excludes halogenated alkanes) is 3. The van der Waals surface area contributed by atoms with Gasteiger partial charge < -0.3 is 20.1 Å². The van der Waals surface area contributed by atoms with Crippen molar-refractivity contribution in [3.63, 3.8) is 0 Å². The van der Waals surface area contributed by atoms with Crippen LogP contribution in [0.4, 0.5) is 0 Å². The van der Waals surface area contributed by atoms with E-state index in [0.717, 1.165) is 56.3 Å². The lowest BCUT2D eigenvalue weighted by atomic mass is 9.94. The molecule has 248 valence electrons. The van der Waals surface area contributed by atoms with Gasteiger partial charge in [0.1, 0.15) is 11.2 Å². The van der Waals surface area contributed by atoms with Gasteiger partial charge >= 0.3 is 11.9 Å². The first kappa shape index (κ1) is 34.3. The average Bonchev–Trinajstić information content (AvgIpc) is 3.25. The third-order valence-electron chi connectivity index (χ3n) is 8.84. The van der Waals surface area contributed by atoms with E-state index >= 15 is 0 Å². The summed E-state index contributed by atoms with van der Waals surface area (Å²) >= 11 is 0. The Morgan fingerprint density at radius 2 is 1.44 bits per heavy atom. The summed E-state index contributed by atoms with van der Waals surface area (Å²) in [6.45, 7) is 3.39. The molecular weight excluding hydrogens is 602 g/mol. The molecule has 6 rings (SSSR count). The predicted octanol–water partition coefficient (Wildman–Crippen LogP) is 7.20. The van der Waals surface area contributed by atoms with Crippen LogP contribution in [0.1, 0.15) is 88.9 Å². The molecule has 3 aromatic carbocycles. The topological polar surface area (TPSA) is 122 Å². The van der Waals surface area contributed by atoms with E-state index in [9.17, 15) is 14.4 Å². The van der Waals surface area contributed by atoms with Crippen LogP contribution in [0.2, 0.25) is 0 Å². The Morgan fingerprint density at radius 3 is 2.06 bits per heavy atom. The van der Waals surface area contributed by atoms with E-state index in [1.807, 2.05) is 37.3 Å². The second-order valence-corrected chi connectivity index (χ2v) is 12.1. The molecule has 1 aliphatic carbocycles. The van der Waals surface area contributed by atoms with E-state index in [0.29, 0.717) is 24.0 Å². The molecule has 0 atom stereocenters. The number of nitrogens with one attached hydrogen (secondary N) is 1. The number of aliphatic carboxylic acids is 1. The van der Waals surface area contributed by atoms with Gasteiger partial charge in [-0.3, -0.25) is 9.59 Å². The maximum absolute atomic E-state index is 12.3. The second kappa shape index (κ2) is 16.7. The van der Waals surface area contributed by atoms with Crippen molar-refractivity contribution in [2.24, 2.45) is 0 Å². The maximum Gasteiger partial charge on any atom is 0.341 e. The normalized spacial score (nSPS) is 12.4. The van der Waals surface area contributed by atoms with E-state index in [1.54, 1.807) is 16.7 Å². The fourth-order valence-electron chi connectivity index (χ4n) is 6.35. The molecule has 0 radical (unpaired) electrons. The molecule has 8 nitrogen and oxygen atoms in total. The van der Waals surface area contributed by atoms with E-state index in [1.165, 1.54) is 28.5 Å². The number of hydrogen-bond acceptors (Lipinski definition) is 5. The second-order valence-electron chi connectivity index (χ2n) is 12.1. The number of aromatic carboxylic acids is 1. The number of pyridine rings is 2. The minimum Gasteiger partial charge on any atom is -0.481 e. The van der Waals surface area contributed by atoms with Gasteiger partial charge in [-0.05, 0) is 79.1 Å². The van der Waals surface area contributed by atoms with E-state index in [4.69, 9.17) is 10.2 Å². The van der Waals surface area contributed by atoms with Gasteiger partial charge in [0.2, 0.25) is 5.43 Å². The number of fused-ring (bicyclic) bond motifs is 3. The molecule has 0 saturated carbocycles. The molecule has 0 spiro atoms. The highest BCUT2D eigenvalue weighted by atomic mass is 16.4. The van der Waals surface area contributed by atoms with Crippen LogP contribution in [0.15, 0.2) is 102 Å². The lowest BCUT2D eigenvalue weighted by molar-refractivity contribution is -0.137. The third kappa shape index (κ3) is 8.63. The highest BCUT2D eigenvalue weighted by Crippen LogP contribution is 2.32. The van der Waals surface area contributed by atoms with Crippen molar-refractivity contribution in [2.75, 3.05) is 6.54 Å². The Bertz CT molecular complexity index is 1870. The Morgan fingerprint density at radius 1 is 0.812 bits per heavy atom. The lowest BCUT2D eigenvalue weighted by Gasteiger charge is -2.22. The Balaban J connectivity index is 0.000000188. The molecule has 0 fully saturated rings. The van der Waals surface area contributed by atoms with Crippen molar-refractivity contribution in [2.45, 2.75) is 70.9 Å². The van der Waals surface area contributed by atoms with E-state index in [-0.39, 0.29) is 18.0 Å². The van der Waals surface area contributed by atoms with Crippen molar-refractivity contribution >= 4 is 23.0 Å². The molecule has 1 aliphatic rings. The first-order valence-corrected chi connectivity index (χ1v) is 16.8. The summed E-state index contributed by atoms with van der Waals surface area (Å²) in [7, 11) is 0. The highest BCUT2D eigenvalue weighted by molar-refractivity contribution is 5.91. The van der Waals surface area contributed by atoms with Gasteiger partial charge in [-0.15, -0.1) is 0 Å². The number of rotatable bonds is 12. The van der Waals surface area contributed by atoms with Crippen LogP contribution in [0.3, 0.4) is 0 Å². The standard InChI is InChI=1S/C22H27NO2.C18H16N2O3/c24-21(25)13-3-1-2-8-16-23-22-19-11-6-4-9-17(19)14-15-18-10-5-7-12-20(18)22;1-2-20-11-15(18(22)23)16(21)14-9-8-13(19-17(14)20)10-12-6-4-3-5-7-12/h4-7,9-12,22-23H,1-3,8,13-16H2,(H,24,25);3-9,11H,2,10H2,1H3,(H,22,23). The van der Waals surface area contributed by atoms with Gasteiger partial charge in [0.25, 0.3) is 0 Å². The molecule has 0 aliphatic heterocycles. The highest BCUT2D eigenvalue weighted by Gasteiger charge is 2.22. The smallest absolute Gasteiger partial charge is 0.341 e. The number of benzene rings is 3. The van der Waals surface area contributed by atoms with E-state index in [2.05, 4.69) is 58.8 Å². The number of aryl methyl sites for hydroxylation is 3. The van der Waals surface area contributed by atoms with Crippen molar-refractivity contribution in [1.29, 1.82) is 0 Å². The SMILES string of the molecule is CCn1cc(C(=O)O)c(=O)c2ccc(Cc3ccccc3)nc21.O=C(O)CCCCCCNC1c2ccccc2CCc2ccccc21. The zero-order chi connectivity index (χ0) is 33.9. The molecule has 48 heavy (non-hydrogen) atoms. The van der Waals surface area contributed by atoms with Gasteiger partial charge in [0, 0.05) is 31.3 Å². The van der Waals surface area contributed by atoms with Gasteiger partial charge in [-0.25, -0.2) is 9.78 Å². The first-order valence-electron chi connectivity index (χ1n) is 16.8. The third-order valence-corrected chi connectivity index (χ3v) is 8.84. The molecule has 5 aromatic rings. The van der Waals surface area contributed by atoms with Crippen LogP contribution in [0.5, 0.6) is 0 Å². The summed E-state index contributed by atoms with van der Waals surface area (Å²) in [5.41, 5.74) is 7.47. The summed E-state index contributed by atoms with van der Waals surface area (Å²) in [6.07, 6.45) is 8.45. The molecule has 0 amide bonds. The molecule has 0 unspecified atom stereocenters. The van der Waals surface area contributed by atoms with Gasteiger partial charge in [0.05, 0.1) is 11.4 Å². The lowest BCUT2D eigenvalue weighted by Crippen LogP contribution is -2.24. The van der Waals surface area contributed by atoms with Crippen LogP contribution in [-0.2, 0) is 30.6 Å². The van der Waals surface area contributed by atoms with Crippen LogP contribution < -0.4 is 10.7 Å². The molecule has 2 aromatic heterocycles. The monoisotopic (exact) mass is 645 g/mol. The minimum atomic E-state index is -1.22. The first-order chi connectivity index (χ1) is 23.4. The molecular formula is C40H43N3O5. The van der Waals surface area contributed by atoms with Crippen molar-refractivity contribution < 1.29 is 19.8 Å². The fourth-order valence-corrected chi connectivity index (χ4v) is 6.35. The summed E-state index contributed by atoms with van der Waals surface area (Å²) < 4.78 is 1.70. The fraction of sp³-hybridized carbons (Fsp3) is 0.300. The van der Waals surface area contributed by atoms with Crippen LogP contribution in [0, 0.1) is 0 Å². The number of aromatic nitrogens is 2. The largest absolute Gasteiger partial charge is 0.481 e. The summed E-state index contributed by atoms with van der Waals surface area (Å²) in [6, 6.07) is 31.2. The molecule has 2 heterocycles. The summed E-state index contributed by atoms with van der Waals surface area (Å²) in [5.74, 6) is -1.91. The Kier molecular flexibility index (Phi) is 11.9. The summed E-state index contributed by atoms with van der Waals surface area (Å²) in [5, 5.41) is 21.9. The minimum absolute atomic E-state index is 0.225. The quantitative estimate of drug-likeness (QED) is 0.123. The number of carbonyl (C=O) groups is 2. The number of carboxylic acid groups (broad SMARTS) is 2. The predicted molar refractivity (Wildman–Crippen MR) is 189 cm³/mol.